The highest BCUT2D eigenvalue weighted by atomic mass is 16.5. The van der Waals surface area contributed by atoms with E-state index in [-0.39, 0.29) is 12.0 Å². The van der Waals surface area contributed by atoms with Crippen LogP contribution in [0.1, 0.15) is 40.5 Å². The highest BCUT2D eigenvalue weighted by Gasteiger charge is 2.32. The second-order valence-corrected chi connectivity index (χ2v) is 6.46. The van der Waals surface area contributed by atoms with Crippen LogP contribution < -0.4 is 10.1 Å². The van der Waals surface area contributed by atoms with Gasteiger partial charge in [0.15, 0.2) is 0 Å². The highest BCUT2D eigenvalue weighted by Crippen LogP contribution is 2.33. The molecular weight excluding hydrogens is 302 g/mol. The predicted octanol–water partition coefficient (Wildman–Crippen LogP) is 4.77. The molecule has 0 saturated carbocycles. The maximum absolute atomic E-state index is 12.7. The van der Waals surface area contributed by atoms with Crippen molar-refractivity contribution < 1.29 is 14.3 Å². The topological polar surface area (TPSA) is 47.6 Å². The van der Waals surface area contributed by atoms with Gasteiger partial charge >= 0.3 is 0 Å². The Balaban J connectivity index is 2.38. The molecule has 0 aliphatic heterocycles. The maximum atomic E-state index is 12.7. The third kappa shape index (κ3) is 3.88. The number of hydrogen-bond acceptors (Lipinski definition) is 3. The van der Waals surface area contributed by atoms with E-state index in [4.69, 9.17) is 9.47 Å². The summed E-state index contributed by atoms with van der Waals surface area (Å²) in [6.45, 7) is 7.86. The second kappa shape index (κ2) is 7.67. The average Bonchev–Trinajstić information content (AvgIpc) is 2.56. The number of amides is 1. The molecule has 4 heteroatoms. The van der Waals surface area contributed by atoms with Crippen molar-refractivity contribution in [3.05, 3.63) is 36.4 Å². The van der Waals surface area contributed by atoms with Crippen LogP contribution in [0.25, 0.3) is 10.8 Å². The van der Waals surface area contributed by atoms with Crippen molar-refractivity contribution in [1.29, 1.82) is 0 Å². The molecule has 0 fully saturated rings. The molecule has 0 aliphatic carbocycles. The van der Waals surface area contributed by atoms with Crippen molar-refractivity contribution in [2.24, 2.45) is 0 Å². The molecule has 2 aromatic rings. The number of fused-ring (bicyclic) bond motifs is 1. The molecule has 0 aliphatic rings. The first-order valence-electron chi connectivity index (χ1n) is 8.46. The SMILES string of the molecule is CCC[C@](C)(OC)C(=O)Nc1ccc(OC(C)C)c2ccccc12. The Morgan fingerprint density at radius 1 is 1.17 bits per heavy atom. The van der Waals surface area contributed by atoms with Crippen LogP contribution in [0.4, 0.5) is 5.69 Å². The molecule has 0 bridgehead atoms. The number of carbonyl (C=O) groups is 1. The fourth-order valence-corrected chi connectivity index (χ4v) is 2.78. The summed E-state index contributed by atoms with van der Waals surface area (Å²) >= 11 is 0. The lowest BCUT2D eigenvalue weighted by Gasteiger charge is -2.26. The summed E-state index contributed by atoms with van der Waals surface area (Å²) in [5.74, 6) is 0.691. The lowest BCUT2D eigenvalue weighted by molar-refractivity contribution is -0.136. The normalized spacial score (nSPS) is 13.8. The highest BCUT2D eigenvalue weighted by molar-refractivity contribution is 6.06. The van der Waals surface area contributed by atoms with E-state index in [9.17, 15) is 4.79 Å². The van der Waals surface area contributed by atoms with Gasteiger partial charge in [-0.1, -0.05) is 37.6 Å². The van der Waals surface area contributed by atoms with E-state index in [0.717, 1.165) is 28.6 Å². The number of nitrogens with one attached hydrogen (secondary N) is 1. The summed E-state index contributed by atoms with van der Waals surface area (Å²) in [7, 11) is 1.58. The van der Waals surface area contributed by atoms with Crippen LogP contribution in [0, 0.1) is 0 Å². The molecule has 1 atom stereocenters. The number of carbonyl (C=O) groups excluding carboxylic acids is 1. The van der Waals surface area contributed by atoms with Crippen molar-refractivity contribution in [2.45, 2.75) is 52.2 Å². The van der Waals surface area contributed by atoms with Crippen molar-refractivity contribution in [3.63, 3.8) is 0 Å². The van der Waals surface area contributed by atoms with Gasteiger partial charge in [0.25, 0.3) is 5.91 Å². The van der Waals surface area contributed by atoms with Gasteiger partial charge in [-0.15, -0.1) is 0 Å². The van der Waals surface area contributed by atoms with Crippen molar-refractivity contribution in [3.8, 4) is 5.75 Å². The van der Waals surface area contributed by atoms with E-state index in [2.05, 4.69) is 5.32 Å². The Labute approximate surface area is 144 Å². The Morgan fingerprint density at radius 3 is 2.42 bits per heavy atom. The fourth-order valence-electron chi connectivity index (χ4n) is 2.78. The second-order valence-electron chi connectivity index (χ2n) is 6.46. The van der Waals surface area contributed by atoms with Crippen LogP contribution in [-0.4, -0.2) is 24.7 Å². The van der Waals surface area contributed by atoms with E-state index in [1.165, 1.54) is 0 Å². The fraction of sp³-hybridized carbons (Fsp3) is 0.450. The minimum absolute atomic E-state index is 0.0928. The Morgan fingerprint density at radius 2 is 1.83 bits per heavy atom. The van der Waals surface area contributed by atoms with Gasteiger partial charge < -0.3 is 14.8 Å². The summed E-state index contributed by atoms with van der Waals surface area (Å²) in [6, 6.07) is 11.7. The van der Waals surface area contributed by atoms with Gasteiger partial charge in [-0.2, -0.15) is 0 Å². The first-order valence-corrected chi connectivity index (χ1v) is 8.46. The molecule has 1 amide bonds. The van der Waals surface area contributed by atoms with Gasteiger partial charge in [0.1, 0.15) is 11.4 Å². The summed E-state index contributed by atoms with van der Waals surface area (Å²) in [5, 5.41) is 4.96. The summed E-state index contributed by atoms with van der Waals surface area (Å²) < 4.78 is 11.3. The van der Waals surface area contributed by atoms with Crippen molar-refractivity contribution >= 4 is 22.4 Å². The third-order valence-electron chi connectivity index (χ3n) is 4.15. The van der Waals surface area contributed by atoms with Gasteiger partial charge in [0, 0.05) is 23.6 Å². The zero-order chi connectivity index (χ0) is 17.7. The smallest absolute Gasteiger partial charge is 0.256 e. The van der Waals surface area contributed by atoms with E-state index >= 15 is 0 Å². The van der Waals surface area contributed by atoms with Crippen LogP contribution in [0.5, 0.6) is 5.75 Å². The largest absolute Gasteiger partial charge is 0.490 e. The zero-order valence-electron chi connectivity index (χ0n) is 15.2. The molecule has 0 heterocycles. The molecule has 0 saturated heterocycles. The molecule has 0 unspecified atom stereocenters. The predicted molar refractivity (Wildman–Crippen MR) is 98.7 cm³/mol. The van der Waals surface area contributed by atoms with Crippen LogP contribution >= 0.6 is 0 Å². The standard InChI is InChI=1S/C20H27NO3/c1-6-13-20(4,23-5)19(22)21-17-11-12-18(24-14(2)3)16-10-8-7-9-15(16)17/h7-12,14H,6,13H2,1-5H3,(H,21,22)/t20-/m0/s1. The summed E-state index contributed by atoms with van der Waals surface area (Å²) in [5.41, 5.74) is -0.0609. The summed E-state index contributed by atoms with van der Waals surface area (Å²) in [6.07, 6.45) is 1.64. The van der Waals surface area contributed by atoms with Crippen LogP contribution in [0.2, 0.25) is 0 Å². The minimum Gasteiger partial charge on any atom is -0.490 e. The number of benzene rings is 2. The molecule has 0 spiro atoms. The first-order chi connectivity index (χ1) is 11.4. The molecule has 0 radical (unpaired) electrons. The lowest BCUT2D eigenvalue weighted by atomic mass is 9.98. The van der Waals surface area contributed by atoms with Crippen molar-refractivity contribution in [2.75, 3.05) is 12.4 Å². The molecule has 2 rings (SSSR count). The molecule has 2 aromatic carbocycles. The van der Waals surface area contributed by atoms with Crippen LogP contribution in [-0.2, 0) is 9.53 Å². The third-order valence-corrected chi connectivity index (χ3v) is 4.15. The number of ether oxygens (including phenoxy) is 2. The molecule has 24 heavy (non-hydrogen) atoms. The first kappa shape index (κ1) is 18.3. The molecule has 130 valence electrons. The Kier molecular flexibility index (Phi) is 5.84. The van der Waals surface area contributed by atoms with Gasteiger partial charge in [0.2, 0.25) is 0 Å². The van der Waals surface area contributed by atoms with Gasteiger partial charge in [-0.3, -0.25) is 4.79 Å². The average molecular weight is 329 g/mol. The van der Waals surface area contributed by atoms with Crippen molar-refractivity contribution in [1.82, 2.24) is 0 Å². The number of methoxy groups -OCH3 is 1. The van der Waals surface area contributed by atoms with Gasteiger partial charge in [-0.05, 0) is 39.3 Å². The summed E-state index contributed by atoms with van der Waals surface area (Å²) in [4.78, 5) is 12.7. The van der Waals surface area contributed by atoms with Gasteiger partial charge in [0.05, 0.1) is 6.10 Å². The van der Waals surface area contributed by atoms with E-state index in [1.807, 2.05) is 64.1 Å². The van der Waals surface area contributed by atoms with Gasteiger partial charge in [-0.25, -0.2) is 0 Å². The zero-order valence-corrected chi connectivity index (χ0v) is 15.2. The molecule has 0 aromatic heterocycles. The van der Waals surface area contributed by atoms with Crippen LogP contribution in [0.3, 0.4) is 0 Å². The maximum Gasteiger partial charge on any atom is 0.256 e. The van der Waals surface area contributed by atoms with Crippen LogP contribution in [0.15, 0.2) is 36.4 Å². The Hall–Kier alpha value is -2.07. The number of hydrogen-bond donors (Lipinski definition) is 1. The molecular formula is C20H27NO3. The van der Waals surface area contributed by atoms with E-state index < -0.39 is 5.60 Å². The monoisotopic (exact) mass is 329 g/mol. The number of rotatable bonds is 7. The van der Waals surface area contributed by atoms with E-state index in [0.29, 0.717) is 6.42 Å². The van der Waals surface area contributed by atoms with E-state index in [1.54, 1.807) is 7.11 Å². The quantitative estimate of drug-likeness (QED) is 0.796. The Bertz CT molecular complexity index is 711. The number of anilines is 1. The molecule has 1 N–H and O–H groups in total. The minimum atomic E-state index is -0.830. The lowest BCUT2D eigenvalue weighted by Crippen LogP contribution is -2.41. The molecule has 4 nitrogen and oxygen atoms in total.